The highest BCUT2D eigenvalue weighted by Crippen LogP contribution is 2.25. The average molecular weight is 344 g/mol. The number of likely N-dealkylation sites (tertiary alicyclic amines) is 2. The summed E-state index contributed by atoms with van der Waals surface area (Å²) in [5.74, 6) is -0.0182. The molecule has 3 rings (SSSR count). The first-order chi connectivity index (χ1) is 12.1. The van der Waals surface area contributed by atoms with Gasteiger partial charge in [0.25, 0.3) is 0 Å². The summed E-state index contributed by atoms with van der Waals surface area (Å²) in [5, 5.41) is 5.55. The van der Waals surface area contributed by atoms with Gasteiger partial charge in [0, 0.05) is 37.9 Å². The van der Waals surface area contributed by atoms with Crippen LogP contribution >= 0.6 is 0 Å². The van der Waals surface area contributed by atoms with E-state index in [1.54, 1.807) is 7.05 Å². The largest absolute Gasteiger partial charge is 0.359 e. The Morgan fingerprint density at radius 1 is 1.16 bits per heavy atom. The van der Waals surface area contributed by atoms with Crippen LogP contribution in [0.1, 0.15) is 31.7 Å². The second-order valence-electron chi connectivity index (χ2n) is 7.12. The molecule has 2 heterocycles. The molecule has 6 heteroatoms. The highest BCUT2D eigenvalue weighted by atomic mass is 16.2. The van der Waals surface area contributed by atoms with Gasteiger partial charge in [-0.1, -0.05) is 18.6 Å². The molecule has 0 spiro atoms. The molecule has 25 heavy (non-hydrogen) atoms. The second kappa shape index (κ2) is 7.87. The Morgan fingerprint density at radius 3 is 2.52 bits per heavy atom. The van der Waals surface area contributed by atoms with Crippen LogP contribution in [-0.4, -0.2) is 60.5 Å². The zero-order valence-electron chi connectivity index (χ0n) is 15.1. The maximum Gasteiger partial charge on any atom is 0.321 e. The van der Waals surface area contributed by atoms with E-state index in [1.165, 1.54) is 19.3 Å². The molecule has 3 amide bonds. The van der Waals surface area contributed by atoms with Crippen LogP contribution in [0.5, 0.6) is 0 Å². The van der Waals surface area contributed by atoms with Crippen LogP contribution in [0.15, 0.2) is 24.3 Å². The van der Waals surface area contributed by atoms with Crippen molar-refractivity contribution in [3.63, 3.8) is 0 Å². The summed E-state index contributed by atoms with van der Waals surface area (Å²) in [4.78, 5) is 28.1. The van der Waals surface area contributed by atoms with E-state index in [9.17, 15) is 9.59 Å². The van der Waals surface area contributed by atoms with Crippen molar-refractivity contribution in [2.75, 3.05) is 32.0 Å². The Morgan fingerprint density at radius 2 is 1.88 bits per heavy atom. The average Bonchev–Trinajstić information content (AvgIpc) is 2.57. The molecule has 0 bridgehead atoms. The van der Waals surface area contributed by atoms with Crippen molar-refractivity contribution in [3.05, 3.63) is 29.8 Å². The number of hydrogen-bond acceptors (Lipinski definition) is 3. The number of anilines is 1. The third-order valence-electron chi connectivity index (χ3n) is 5.32. The number of benzene rings is 1. The number of carbonyl (C=O) groups excluding carboxylic acids is 2. The van der Waals surface area contributed by atoms with Crippen molar-refractivity contribution in [1.82, 2.24) is 15.1 Å². The van der Waals surface area contributed by atoms with Crippen molar-refractivity contribution in [1.29, 1.82) is 0 Å². The SMILES string of the molecule is CNC(=O)Cc1ccc(NC(=O)N2CC(N3CCCC[C@@H]3C)C2)cc1. The molecule has 0 aliphatic carbocycles. The van der Waals surface area contributed by atoms with Crippen LogP contribution in [0, 0.1) is 0 Å². The Balaban J connectivity index is 1.46. The van der Waals surface area contributed by atoms with Crippen molar-refractivity contribution in [2.24, 2.45) is 0 Å². The first-order valence-corrected chi connectivity index (χ1v) is 9.18. The third kappa shape index (κ3) is 4.31. The summed E-state index contributed by atoms with van der Waals surface area (Å²) in [7, 11) is 1.63. The van der Waals surface area contributed by atoms with Crippen molar-refractivity contribution < 1.29 is 9.59 Å². The van der Waals surface area contributed by atoms with E-state index in [0.29, 0.717) is 18.5 Å². The number of likely N-dealkylation sites (N-methyl/N-ethyl adjacent to an activating group) is 1. The molecule has 1 atom stereocenters. The fraction of sp³-hybridized carbons (Fsp3) is 0.579. The highest BCUT2D eigenvalue weighted by Gasteiger charge is 2.37. The van der Waals surface area contributed by atoms with Gasteiger partial charge in [0.05, 0.1) is 6.42 Å². The molecule has 0 saturated carbocycles. The van der Waals surface area contributed by atoms with Gasteiger partial charge in [0.15, 0.2) is 0 Å². The number of hydrogen-bond donors (Lipinski definition) is 2. The molecule has 0 radical (unpaired) electrons. The lowest BCUT2D eigenvalue weighted by Crippen LogP contribution is -2.64. The minimum atomic E-state index is -0.0417. The highest BCUT2D eigenvalue weighted by molar-refractivity contribution is 5.90. The predicted molar refractivity (Wildman–Crippen MR) is 98.6 cm³/mol. The van der Waals surface area contributed by atoms with Crippen molar-refractivity contribution in [3.8, 4) is 0 Å². The summed E-state index contributed by atoms with van der Waals surface area (Å²) in [6.45, 7) is 5.08. The lowest BCUT2D eigenvalue weighted by atomic mass is 9.98. The molecule has 6 nitrogen and oxygen atoms in total. The van der Waals surface area contributed by atoms with Crippen LogP contribution in [0.2, 0.25) is 0 Å². The summed E-state index contributed by atoms with van der Waals surface area (Å²) >= 11 is 0. The first-order valence-electron chi connectivity index (χ1n) is 9.18. The molecule has 2 N–H and O–H groups in total. The second-order valence-corrected chi connectivity index (χ2v) is 7.12. The molecule has 0 aromatic heterocycles. The van der Waals surface area contributed by atoms with Gasteiger partial charge in [-0.15, -0.1) is 0 Å². The van der Waals surface area contributed by atoms with E-state index in [2.05, 4.69) is 22.5 Å². The van der Waals surface area contributed by atoms with Gasteiger partial charge in [-0.2, -0.15) is 0 Å². The number of nitrogens with one attached hydrogen (secondary N) is 2. The third-order valence-corrected chi connectivity index (χ3v) is 5.32. The minimum Gasteiger partial charge on any atom is -0.359 e. The van der Waals surface area contributed by atoms with E-state index in [-0.39, 0.29) is 11.9 Å². The van der Waals surface area contributed by atoms with Crippen LogP contribution in [-0.2, 0) is 11.2 Å². The summed E-state index contributed by atoms with van der Waals surface area (Å²) in [5.41, 5.74) is 1.70. The number of urea groups is 1. The monoisotopic (exact) mass is 344 g/mol. The lowest BCUT2D eigenvalue weighted by Gasteiger charge is -2.49. The Labute approximate surface area is 149 Å². The van der Waals surface area contributed by atoms with Crippen molar-refractivity contribution >= 4 is 17.6 Å². The zero-order valence-corrected chi connectivity index (χ0v) is 15.1. The smallest absolute Gasteiger partial charge is 0.321 e. The Hall–Kier alpha value is -2.08. The van der Waals surface area contributed by atoms with E-state index < -0.39 is 0 Å². The van der Waals surface area contributed by atoms with E-state index in [0.717, 1.165) is 30.9 Å². The zero-order chi connectivity index (χ0) is 17.8. The van der Waals surface area contributed by atoms with Crippen LogP contribution < -0.4 is 10.6 Å². The van der Waals surface area contributed by atoms with Gasteiger partial charge in [-0.05, 0) is 44.0 Å². The van der Waals surface area contributed by atoms with E-state index >= 15 is 0 Å². The number of piperidine rings is 1. The predicted octanol–water partition coefficient (Wildman–Crippen LogP) is 2.07. The maximum atomic E-state index is 12.3. The Bertz CT molecular complexity index is 610. The van der Waals surface area contributed by atoms with Crippen LogP contribution in [0.25, 0.3) is 0 Å². The summed E-state index contributed by atoms with van der Waals surface area (Å²) in [6.07, 6.45) is 4.22. The van der Waals surface area contributed by atoms with Crippen LogP contribution in [0.4, 0.5) is 10.5 Å². The maximum absolute atomic E-state index is 12.3. The standard InChI is InChI=1S/C19H28N4O2/c1-14-5-3-4-10-23(14)17-12-22(13-17)19(25)21-16-8-6-15(7-9-16)11-18(24)20-2/h6-9,14,17H,3-5,10-13H2,1-2H3,(H,20,24)(H,21,25)/t14-/m0/s1. The molecule has 136 valence electrons. The fourth-order valence-corrected chi connectivity index (χ4v) is 3.68. The fourth-order valence-electron chi connectivity index (χ4n) is 3.68. The molecular weight excluding hydrogens is 316 g/mol. The van der Waals surface area contributed by atoms with E-state index in [4.69, 9.17) is 0 Å². The topological polar surface area (TPSA) is 64.7 Å². The van der Waals surface area contributed by atoms with Crippen LogP contribution in [0.3, 0.4) is 0 Å². The molecule has 1 aromatic carbocycles. The quantitative estimate of drug-likeness (QED) is 0.879. The normalized spacial score (nSPS) is 21.5. The van der Waals surface area contributed by atoms with Crippen molar-refractivity contribution in [2.45, 2.75) is 44.7 Å². The molecule has 2 fully saturated rings. The first kappa shape index (κ1) is 17.7. The van der Waals surface area contributed by atoms with Gasteiger partial charge in [0.2, 0.25) is 5.91 Å². The minimum absolute atomic E-state index is 0.0182. The number of rotatable bonds is 4. The molecule has 2 aliphatic rings. The summed E-state index contributed by atoms with van der Waals surface area (Å²) in [6, 6.07) is 8.55. The number of nitrogens with zero attached hydrogens (tertiary/aromatic N) is 2. The van der Waals surface area contributed by atoms with Gasteiger partial charge in [-0.25, -0.2) is 4.79 Å². The molecular formula is C19H28N4O2. The molecule has 0 unspecified atom stereocenters. The van der Waals surface area contributed by atoms with Gasteiger partial charge < -0.3 is 15.5 Å². The summed E-state index contributed by atoms with van der Waals surface area (Å²) < 4.78 is 0. The van der Waals surface area contributed by atoms with E-state index in [1.807, 2.05) is 29.2 Å². The van der Waals surface area contributed by atoms with Gasteiger partial charge in [-0.3, -0.25) is 9.69 Å². The number of amides is 3. The molecule has 1 aromatic rings. The van der Waals surface area contributed by atoms with Gasteiger partial charge >= 0.3 is 6.03 Å². The van der Waals surface area contributed by atoms with Gasteiger partial charge in [0.1, 0.15) is 0 Å². The number of carbonyl (C=O) groups is 2. The molecule has 2 aliphatic heterocycles. The Kier molecular flexibility index (Phi) is 5.58. The molecule has 2 saturated heterocycles. The lowest BCUT2D eigenvalue weighted by molar-refractivity contribution is -0.119.